The van der Waals surface area contributed by atoms with Crippen LogP contribution in [0.3, 0.4) is 0 Å². The van der Waals surface area contributed by atoms with Crippen molar-refractivity contribution in [3.63, 3.8) is 0 Å². The number of anilines is 2. The Kier molecular flexibility index (Phi) is 7.13. The summed E-state index contributed by atoms with van der Waals surface area (Å²) in [6, 6.07) is 11.3. The SMILES string of the molecule is O=C(NC1CCCCNC1=O)c1cnc(N2CCc3cc(Br)ccc32)nc1OCc1ccc(F)cc1. The normalized spacial score (nSPS) is 17.2. The number of hydrogen-bond acceptors (Lipinski definition) is 6. The lowest BCUT2D eigenvalue weighted by Gasteiger charge is -2.20. The number of nitrogens with zero attached hydrogens (tertiary/aromatic N) is 3. The van der Waals surface area contributed by atoms with Crippen LogP contribution in [0, 0.1) is 5.82 Å². The van der Waals surface area contributed by atoms with Gasteiger partial charge in [-0.2, -0.15) is 4.98 Å². The molecule has 2 aliphatic rings. The van der Waals surface area contributed by atoms with Gasteiger partial charge in [-0.15, -0.1) is 0 Å². The molecule has 3 aromatic rings. The second-order valence-corrected chi connectivity index (χ2v) is 9.71. The van der Waals surface area contributed by atoms with Crippen LogP contribution >= 0.6 is 15.9 Å². The molecule has 186 valence electrons. The fourth-order valence-corrected chi connectivity index (χ4v) is 4.79. The molecule has 2 aromatic carbocycles. The third-order valence-corrected chi connectivity index (χ3v) is 6.79. The van der Waals surface area contributed by atoms with Crippen molar-refractivity contribution in [2.45, 2.75) is 38.3 Å². The molecule has 1 unspecified atom stereocenters. The summed E-state index contributed by atoms with van der Waals surface area (Å²) in [5.41, 5.74) is 3.02. The van der Waals surface area contributed by atoms with Crippen molar-refractivity contribution in [3.8, 4) is 5.88 Å². The maximum atomic E-state index is 13.3. The summed E-state index contributed by atoms with van der Waals surface area (Å²) < 4.78 is 20.3. The number of fused-ring (bicyclic) bond motifs is 1. The lowest BCUT2D eigenvalue weighted by Crippen LogP contribution is -2.45. The molecule has 3 heterocycles. The second-order valence-electron chi connectivity index (χ2n) is 8.79. The Morgan fingerprint density at radius 1 is 1.22 bits per heavy atom. The van der Waals surface area contributed by atoms with Gasteiger partial charge in [0.25, 0.3) is 5.91 Å². The van der Waals surface area contributed by atoms with E-state index in [-0.39, 0.29) is 29.8 Å². The molecular formula is C26H25BrFN5O3. The van der Waals surface area contributed by atoms with Crippen LogP contribution in [-0.2, 0) is 17.8 Å². The Labute approximate surface area is 216 Å². The molecule has 0 spiro atoms. The first-order valence-corrected chi connectivity index (χ1v) is 12.7. The van der Waals surface area contributed by atoms with Crippen molar-refractivity contribution in [1.82, 2.24) is 20.6 Å². The van der Waals surface area contributed by atoms with Gasteiger partial charge in [0.05, 0.1) is 0 Å². The van der Waals surface area contributed by atoms with Crippen LogP contribution in [0.15, 0.2) is 53.1 Å². The summed E-state index contributed by atoms with van der Waals surface area (Å²) in [6.45, 7) is 1.38. The summed E-state index contributed by atoms with van der Waals surface area (Å²) in [4.78, 5) is 36.6. The molecule has 1 fully saturated rings. The topological polar surface area (TPSA) is 96.5 Å². The van der Waals surface area contributed by atoms with Crippen LogP contribution in [0.5, 0.6) is 5.88 Å². The van der Waals surface area contributed by atoms with Gasteiger partial charge in [0.1, 0.15) is 24.0 Å². The van der Waals surface area contributed by atoms with E-state index in [4.69, 9.17) is 4.74 Å². The van der Waals surface area contributed by atoms with Gasteiger partial charge >= 0.3 is 0 Å². The minimum absolute atomic E-state index is 0.0878. The van der Waals surface area contributed by atoms with E-state index < -0.39 is 11.9 Å². The minimum atomic E-state index is -0.631. The molecule has 2 aliphatic heterocycles. The number of hydrogen-bond donors (Lipinski definition) is 2. The number of carbonyl (C=O) groups is 2. The molecule has 10 heteroatoms. The van der Waals surface area contributed by atoms with E-state index >= 15 is 0 Å². The Morgan fingerprint density at radius 2 is 2.06 bits per heavy atom. The zero-order valence-electron chi connectivity index (χ0n) is 19.5. The van der Waals surface area contributed by atoms with E-state index in [0.29, 0.717) is 25.5 Å². The molecule has 0 aliphatic carbocycles. The van der Waals surface area contributed by atoms with Crippen LogP contribution in [0.2, 0.25) is 0 Å². The molecule has 0 bridgehead atoms. The number of benzene rings is 2. The molecule has 0 radical (unpaired) electrons. The quantitative estimate of drug-likeness (QED) is 0.478. The van der Waals surface area contributed by atoms with Gasteiger partial charge in [0.15, 0.2) is 0 Å². The van der Waals surface area contributed by atoms with Gasteiger partial charge < -0.3 is 20.3 Å². The molecule has 1 saturated heterocycles. The number of halogens is 2. The van der Waals surface area contributed by atoms with Crippen LogP contribution in [0.4, 0.5) is 16.0 Å². The molecule has 1 atom stereocenters. The fraction of sp³-hybridized carbons (Fsp3) is 0.308. The fourth-order valence-electron chi connectivity index (χ4n) is 4.38. The van der Waals surface area contributed by atoms with Gasteiger partial charge in [0.2, 0.25) is 17.7 Å². The third-order valence-electron chi connectivity index (χ3n) is 6.29. The highest BCUT2D eigenvalue weighted by Crippen LogP contribution is 2.35. The third kappa shape index (κ3) is 5.33. The van der Waals surface area contributed by atoms with Gasteiger partial charge in [-0.25, -0.2) is 9.37 Å². The van der Waals surface area contributed by atoms with Crippen molar-refractivity contribution < 1.29 is 18.7 Å². The lowest BCUT2D eigenvalue weighted by molar-refractivity contribution is -0.122. The number of carbonyl (C=O) groups excluding carboxylic acids is 2. The Hall–Kier alpha value is -3.53. The first-order valence-electron chi connectivity index (χ1n) is 11.9. The van der Waals surface area contributed by atoms with Gasteiger partial charge in [0, 0.05) is 29.4 Å². The average molecular weight is 554 g/mol. The highest BCUT2D eigenvalue weighted by Gasteiger charge is 2.28. The second kappa shape index (κ2) is 10.6. The number of aromatic nitrogens is 2. The maximum absolute atomic E-state index is 13.3. The van der Waals surface area contributed by atoms with Crippen molar-refractivity contribution >= 4 is 39.4 Å². The summed E-state index contributed by atoms with van der Waals surface area (Å²) in [5.74, 6) is -0.519. The molecule has 1 aromatic heterocycles. The number of amides is 2. The smallest absolute Gasteiger partial charge is 0.259 e. The monoisotopic (exact) mass is 553 g/mol. The average Bonchev–Trinajstić information content (AvgIpc) is 3.19. The van der Waals surface area contributed by atoms with Crippen molar-refractivity contribution in [3.05, 3.63) is 75.6 Å². The van der Waals surface area contributed by atoms with E-state index in [1.165, 1.54) is 23.9 Å². The van der Waals surface area contributed by atoms with E-state index in [2.05, 4.69) is 42.6 Å². The van der Waals surface area contributed by atoms with E-state index in [1.54, 1.807) is 12.1 Å². The molecule has 2 amide bonds. The Morgan fingerprint density at radius 3 is 2.89 bits per heavy atom. The number of ether oxygens (including phenoxy) is 1. The highest BCUT2D eigenvalue weighted by atomic mass is 79.9. The van der Waals surface area contributed by atoms with Gasteiger partial charge in [-0.3, -0.25) is 9.59 Å². The number of rotatable bonds is 6. The van der Waals surface area contributed by atoms with E-state index in [0.717, 1.165) is 35.0 Å². The Bertz CT molecular complexity index is 1290. The summed E-state index contributed by atoms with van der Waals surface area (Å²) in [6.07, 6.45) is 4.53. The molecule has 8 nitrogen and oxygen atoms in total. The van der Waals surface area contributed by atoms with Crippen LogP contribution in [0.1, 0.15) is 40.7 Å². The molecular weight excluding hydrogens is 529 g/mol. The maximum Gasteiger partial charge on any atom is 0.259 e. The zero-order chi connectivity index (χ0) is 25.1. The van der Waals surface area contributed by atoms with Gasteiger partial charge in [-0.1, -0.05) is 28.1 Å². The van der Waals surface area contributed by atoms with E-state index in [9.17, 15) is 14.0 Å². The van der Waals surface area contributed by atoms with Crippen LogP contribution in [0.25, 0.3) is 0 Å². The number of nitrogens with one attached hydrogen (secondary N) is 2. The summed E-state index contributed by atoms with van der Waals surface area (Å²) in [5, 5.41) is 5.62. The summed E-state index contributed by atoms with van der Waals surface area (Å²) in [7, 11) is 0. The van der Waals surface area contributed by atoms with Crippen molar-refractivity contribution in [1.29, 1.82) is 0 Å². The minimum Gasteiger partial charge on any atom is -0.472 e. The first-order chi connectivity index (χ1) is 17.5. The predicted octanol–water partition coefficient (Wildman–Crippen LogP) is 4.05. The standard InChI is InChI=1S/C26H25BrFN5O3/c27-18-6-9-22-17(13-18)10-12-33(22)26-30-14-20(23(34)31-21-3-1-2-11-29-24(21)35)25(32-26)36-15-16-4-7-19(28)8-5-16/h4-9,13-14,21H,1-3,10-12,15H2,(H,29,35)(H,31,34). The van der Waals surface area contributed by atoms with Gasteiger partial charge in [-0.05, 0) is 67.1 Å². The van der Waals surface area contributed by atoms with Crippen molar-refractivity contribution in [2.75, 3.05) is 18.0 Å². The highest BCUT2D eigenvalue weighted by molar-refractivity contribution is 9.10. The molecule has 2 N–H and O–H groups in total. The predicted molar refractivity (Wildman–Crippen MR) is 136 cm³/mol. The molecule has 36 heavy (non-hydrogen) atoms. The zero-order valence-corrected chi connectivity index (χ0v) is 21.1. The Balaban J connectivity index is 1.43. The summed E-state index contributed by atoms with van der Waals surface area (Å²) >= 11 is 3.51. The largest absolute Gasteiger partial charge is 0.472 e. The van der Waals surface area contributed by atoms with Crippen LogP contribution < -0.4 is 20.3 Å². The first kappa shape index (κ1) is 24.2. The van der Waals surface area contributed by atoms with Crippen LogP contribution in [-0.4, -0.2) is 40.9 Å². The van der Waals surface area contributed by atoms with E-state index in [1.807, 2.05) is 17.0 Å². The van der Waals surface area contributed by atoms with Crippen molar-refractivity contribution in [2.24, 2.45) is 0 Å². The lowest BCUT2D eigenvalue weighted by atomic mass is 10.1. The molecule has 5 rings (SSSR count). The molecule has 0 saturated carbocycles.